The maximum atomic E-state index is 6.04. The number of hydrogen-bond acceptors (Lipinski definition) is 4. The summed E-state index contributed by atoms with van der Waals surface area (Å²) in [5.74, 6) is 0. The Balaban J connectivity index is 1.97. The first kappa shape index (κ1) is 13.9. The molecule has 5 aromatic rings. The lowest BCUT2D eigenvalue weighted by Gasteiger charge is -2.10. The molecular formula is C21H13N3O. The van der Waals surface area contributed by atoms with E-state index in [1.807, 2.05) is 48.5 Å². The van der Waals surface area contributed by atoms with E-state index in [0.29, 0.717) is 0 Å². The van der Waals surface area contributed by atoms with Gasteiger partial charge in [-0.25, -0.2) is 0 Å². The molecule has 0 amide bonds. The molecular weight excluding hydrogens is 310 g/mol. The van der Waals surface area contributed by atoms with E-state index >= 15 is 0 Å². The third-order valence-electron chi connectivity index (χ3n) is 4.39. The fraction of sp³-hybridized carbons (Fsp3) is 0. The minimum atomic E-state index is 0.783. The zero-order valence-electron chi connectivity index (χ0n) is 13.3. The van der Waals surface area contributed by atoms with Crippen molar-refractivity contribution >= 4 is 21.9 Å². The topological polar surface area (TPSA) is 51.8 Å². The predicted molar refractivity (Wildman–Crippen MR) is 98.0 cm³/mol. The van der Waals surface area contributed by atoms with Crippen LogP contribution in [-0.2, 0) is 0 Å². The highest BCUT2D eigenvalue weighted by molar-refractivity contribution is 6.15. The van der Waals surface area contributed by atoms with Crippen LogP contribution in [0.2, 0.25) is 0 Å². The third kappa shape index (κ3) is 2.19. The van der Waals surface area contributed by atoms with Crippen molar-refractivity contribution in [3.63, 3.8) is 0 Å². The average molecular weight is 323 g/mol. The summed E-state index contributed by atoms with van der Waals surface area (Å²) in [7, 11) is 0. The molecule has 0 aliphatic rings. The zero-order valence-corrected chi connectivity index (χ0v) is 13.3. The standard InChI is InChI=1S/C21H13N3O/c1-2-6-14(7-3-1)15-10-11-19-21(16-8-4-5-9-18(16)25-19)20(15)17-12-13-22-24-23-17/h1-13H. The number of nitrogens with zero attached hydrogens (tertiary/aromatic N) is 3. The first-order valence-corrected chi connectivity index (χ1v) is 8.06. The molecule has 0 N–H and O–H groups in total. The molecule has 0 aliphatic heterocycles. The molecule has 4 nitrogen and oxygen atoms in total. The van der Waals surface area contributed by atoms with Gasteiger partial charge in [-0.3, -0.25) is 0 Å². The molecule has 25 heavy (non-hydrogen) atoms. The molecule has 0 radical (unpaired) electrons. The zero-order chi connectivity index (χ0) is 16.6. The lowest BCUT2D eigenvalue weighted by molar-refractivity contribution is 0.669. The van der Waals surface area contributed by atoms with Crippen molar-refractivity contribution in [2.75, 3.05) is 0 Å². The summed E-state index contributed by atoms with van der Waals surface area (Å²) in [6.07, 6.45) is 1.66. The molecule has 0 atom stereocenters. The van der Waals surface area contributed by atoms with Gasteiger partial charge in [0, 0.05) is 16.3 Å². The van der Waals surface area contributed by atoms with Crippen LogP contribution in [0, 0.1) is 0 Å². The smallest absolute Gasteiger partial charge is 0.136 e. The maximum absolute atomic E-state index is 6.04. The van der Waals surface area contributed by atoms with E-state index < -0.39 is 0 Å². The van der Waals surface area contributed by atoms with Crippen molar-refractivity contribution in [3.05, 3.63) is 79.0 Å². The first-order chi connectivity index (χ1) is 12.4. The van der Waals surface area contributed by atoms with Gasteiger partial charge >= 0.3 is 0 Å². The van der Waals surface area contributed by atoms with Crippen LogP contribution in [0.3, 0.4) is 0 Å². The molecule has 0 unspecified atom stereocenters. The quantitative estimate of drug-likeness (QED) is 0.453. The van der Waals surface area contributed by atoms with Gasteiger partial charge < -0.3 is 4.42 Å². The second kappa shape index (κ2) is 5.53. The normalized spacial score (nSPS) is 11.2. The molecule has 4 heteroatoms. The molecule has 5 rings (SSSR count). The van der Waals surface area contributed by atoms with Gasteiger partial charge in [-0.15, -0.1) is 10.2 Å². The van der Waals surface area contributed by atoms with Crippen molar-refractivity contribution < 1.29 is 4.42 Å². The number of para-hydroxylation sites is 1. The van der Waals surface area contributed by atoms with E-state index in [2.05, 4.69) is 39.7 Å². The van der Waals surface area contributed by atoms with Crippen LogP contribution >= 0.6 is 0 Å². The number of rotatable bonds is 2. The summed E-state index contributed by atoms with van der Waals surface area (Å²) in [6, 6.07) is 24.3. The maximum Gasteiger partial charge on any atom is 0.136 e. The van der Waals surface area contributed by atoms with Crippen LogP contribution < -0.4 is 0 Å². The third-order valence-corrected chi connectivity index (χ3v) is 4.39. The van der Waals surface area contributed by atoms with Crippen LogP contribution in [0.1, 0.15) is 0 Å². The Kier molecular flexibility index (Phi) is 3.07. The van der Waals surface area contributed by atoms with Crippen LogP contribution in [0.25, 0.3) is 44.3 Å². The molecule has 0 spiro atoms. The molecule has 0 saturated heterocycles. The summed E-state index contributed by atoms with van der Waals surface area (Å²) in [5, 5.41) is 14.1. The molecule has 0 fully saturated rings. The lowest BCUT2D eigenvalue weighted by atomic mass is 9.93. The second-order valence-corrected chi connectivity index (χ2v) is 5.83. The Morgan fingerprint density at radius 3 is 2.40 bits per heavy atom. The van der Waals surface area contributed by atoms with Gasteiger partial charge in [-0.2, -0.15) is 0 Å². The van der Waals surface area contributed by atoms with E-state index in [1.165, 1.54) is 0 Å². The molecule has 0 bridgehead atoms. The summed E-state index contributed by atoms with van der Waals surface area (Å²) in [5.41, 5.74) is 5.73. The second-order valence-electron chi connectivity index (χ2n) is 5.83. The first-order valence-electron chi connectivity index (χ1n) is 8.06. The van der Waals surface area contributed by atoms with E-state index in [1.54, 1.807) is 6.20 Å². The fourth-order valence-electron chi connectivity index (χ4n) is 3.32. The van der Waals surface area contributed by atoms with Gasteiger partial charge in [0.2, 0.25) is 0 Å². The Hall–Kier alpha value is -3.53. The number of hydrogen-bond donors (Lipinski definition) is 0. The lowest BCUT2D eigenvalue weighted by Crippen LogP contribution is -1.93. The van der Waals surface area contributed by atoms with Crippen molar-refractivity contribution in [1.82, 2.24) is 15.4 Å². The van der Waals surface area contributed by atoms with E-state index in [0.717, 1.165) is 44.3 Å². The largest absolute Gasteiger partial charge is 0.456 e. The summed E-state index contributed by atoms with van der Waals surface area (Å²) < 4.78 is 6.04. The van der Waals surface area contributed by atoms with E-state index in [-0.39, 0.29) is 0 Å². The summed E-state index contributed by atoms with van der Waals surface area (Å²) in [6.45, 7) is 0. The molecule has 2 heterocycles. The summed E-state index contributed by atoms with van der Waals surface area (Å²) in [4.78, 5) is 0. The SMILES string of the molecule is c1ccc(-c2ccc3oc4ccccc4c3c2-c2ccnnn2)cc1. The van der Waals surface area contributed by atoms with Crippen LogP contribution in [0.4, 0.5) is 0 Å². The van der Waals surface area contributed by atoms with Gasteiger partial charge in [-0.1, -0.05) is 48.5 Å². The van der Waals surface area contributed by atoms with Gasteiger partial charge in [0.25, 0.3) is 0 Å². The van der Waals surface area contributed by atoms with Crippen molar-refractivity contribution in [2.24, 2.45) is 0 Å². The highest BCUT2D eigenvalue weighted by atomic mass is 16.3. The Bertz CT molecular complexity index is 1180. The number of furan rings is 1. The van der Waals surface area contributed by atoms with E-state index in [9.17, 15) is 0 Å². The molecule has 3 aromatic carbocycles. The summed E-state index contributed by atoms with van der Waals surface area (Å²) >= 11 is 0. The number of fused-ring (bicyclic) bond motifs is 3. The van der Waals surface area contributed by atoms with Crippen molar-refractivity contribution in [1.29, 1.82) is 0 Å². The minimum Gasteiger partial charge on any atom is -0.456 e. The molecule has 0 saturated carbocycles. The van der Waals surface area contributed by atoms with Gasteiger partial charge in [0.15, 0.2) is 0 Å². The highest BCUT2D eigenvalue weighted by Gasteiger charge is 2.18. The van der Waals surface area contributed by atoms with Gasteiger partial charge in [0.1, 0.15) is 11.2 Å². The number of aromatic nitrogens is 3. The Labute approximate surface area is 143 Å². The molecule has 2 aromatic heterocycles. The Morgan fingerprint density at radius 1 is 0.720 bits per heavy atom. The number of benzene rings is 3. The van der Waals surface area contributed by atoms with E-state index in [4.69, 9.17) is 4.42 Å². The van der Waals surface area contributed by atoms with Crippen LogP contribution in [0.15, 0.2) is 83.4 Å². The van der Waals surface area contributed by atoms with Crippen molar-refractivity contribution in [3.8, 4) is 22.4 Å². The van der Waals surface area contributed by atoms with Gasteiger partial charge in [0.05, 0.1) is 11.9 Å². The predicted octanol–water partition coefficient (Wildman–Crippen LogP) is 5.11. The minimum absolute atomic E-state index is 0.783. The monoisotopic (exact) mass is 323 g/mol. The van der Waals surface area contributed by atoms with Gasteiger partial charge in [-0.05, 0) is 40.6 Å². The van der Waals surface area contributed by atoms with Crippen LogP contribution in [0.5, 0.6) is 0 Å². The van der Waals surface area contributed by atoms with Crippen molar-refractivity contribution in [2.45, 2.75) is 0 Å². The average Bonchev–Trinajstić information content (AvgIpc) is 3.07. The Morgan fingerprint density at radius 2 is 1.56 bits per heavy atom. The molecule has 118 valence electrons. The highest BCUT2D eigenvalue weighted by Crippen LogP contribution is 2.41. The fourth-order valence-corrected chi connectivity index (χ4v) is 3.32. The van der Waals surface area contributed by atoms with Crippen LogP contribution in [-0.4, -0.2) is 15.4 Å². The molecule has 0 aliphatic carbocycles.